The summed E-state index contributed by atoms with van der Waals surface area (Å²) >= 11 is 0. The third-order valence-electron chi connectivity index (χ3n) is 3.59. The van der Waals surface area contributed by atoms with Gasteiger partial charge in [-0.2, -0.15) is 0 Å². The van der Waals surface area contributed by atoms with E-state index in [0.29, 0.717) is 12.2 Å². The second kappa shape index (κ2) is 11.1. The van der Waals surface area contributed by atoms with Crippen LogP contribution >= 0.6 is 0 Å². The van der Waals surface area contributed by atoms with Crippen LogP contribution in [0.4, 0.5) is 0 Å². The lowest BCUT2D eigenvalue weighted by Gasteiger charge is -2.18. The smallest absolute Gasteiger partial charge is 0.344 e. The molecule has 1 rings (SSSR count). The molecule has 1 atom stereocenters. The SMILES string of the molecule is CCc1ccccc1OCC(=O)OCC(=O)NC(CC(C)C)C(=O)OC. The topological polar surface area (TPSA) is 90.9 Å². The summed E-state index contributed by atoms with van der Waals surface area (Å²) in [6, 6.07) is 6.62. The number of ether oxygens (including phenoxy) is 3. The molecule has 1 amide bonds. The molecule has 0 saturated heterocycles. The van der Waals surface area contributed by atoms with Crippen LogP contribution in [-0.4, -0.2) is 44.2 Å². The molecule has 7 heteroatoms. The molecular weight excluding hydrogens is 338 g/mol. The van der Waals surface area contributed by atoms with Crippen molar-refractivity contribution in [3.63, 3.8) is 0 Å². The molecule has 1 aromatic rings. The molecule has 1 N–H and O–H groups in total. The maximum atomic E-state index is 11.9. The first-order valence-corrected chi connectivity index (χ1v) is 8.60. The van der Waals surface area contributed by atoms with Gasteiger partial charge in [0, 0.05) is 0 Å². The largest absolute Gasteiger partial charge is 0.482 e. The summed E-state index contributed by atoms with van der Waals surface area (Å²) in [6.45, 7) is 5.06. The number of para-hydroxylation sites is 1. The summed E-state index contributed by atoms with van der Waals surface area (Å²) in [5.74, 6) is -0.959. The van der Waals surface area contributed by atoms with Crippen molar-refractivity contribution in [3.8, 4) is 5.75 Å². The van der Waals surface area contributed by atoms with E-state index in [0.717, 1.165) is 12.0 Å². The Hall–Kier alpha value is -2.57. The highest BCUT2D eigenvalue weighted by Crippen LogP contribution is 2.18. The maximum absolute atomic E-state index is 11.9. The summed E-state index contributed by atoms with van der Waals surface area (Å²) < 4.78 is 15.0. The predicted octanol–water partition coefficient (Wildman–Crippen LogP) is 1.87. The van der Waals surface area contributed by atoms with Gasteiger partial charge in [0.2, 0.25) is 0 Å². The Balaban J connectivity index is 2.43. The van der Waals surface area contributed by atoms with Crippen molar-refractivity contribution in [2.24, 2.45) is 5.92 Å². The van der Waals surface area contributed by atoms with E-state index in [-0.39, 0.29) is 12.5 Å². The molecule has 0 aromatic heterocycles. The molecule has 0 radical (unpaired) electrons. The molecular formula is C19H27NO6. The average molecular weight is 365 g/mol. The summed E-state index contributed by atoms with van der Waals surface area (Å²) in [6.07, 6.45) is 1.21. The monoisotopic (exact) mass is 365 g/mol. The fourth-order valence-corrected chi connectivity index (χ4v) is 2.32. The van der Waals surface area contributed by atoms with Crippen LogP contribution in [-0.2, 0) is 30.3 Å². The van der Waals surface area contributed by atoms with Gasteiger partial charge in [-0.25, -0.2) is 9.59 Å². The predicted molar refractivity (Wildman–Crippen MR) is 95.7 cm³/mol. The second-order valence-electron chi connectivity index (χ2n) is 6.18. The number of nitrogens with one attached hydrogen (secondary N) is 1. The van der Waals surface area contributed by atoms with E-state index < -0.39 is 30.5 Å². The molecule has 7 nitrogen and oxygen atoms in total. The van der Waals surface area contributed by atoms with Crippen LogP contribution in [0.2, 0.25) is 0 Å². The first kappa shape index (κ1) is 21.5. The minimum atomic E-state index is -0.765. The van der Waals surface area contributed by atoms with Crippen molar-refractivity contribution in [1.82, 2.24) is 5.32 Å². The van der Waals surface area contributed by atoms with Gasteiger partial charge in [-0.1, -0.05) is 39.0 Å². The Morgan fingerprint density at radius 2 is 1.81 bits per heavy atom. The number of rotatable bonds is 10. The number of carbonyl (C=O) groups is 3. The van der Waals surface area contributed by atoms with Crippen LogP contribution in [0.15, 0.2) is 24.3 Å². The number of hydrogen-bond donors (Lipinski definition) is 1. The molecule has 144 valence electrons. The van der Waals surface area contributed by atoms with Crippen LogP contribution in [0.5, 0.6) is 5.75 Å². The van der Waals surface area contributed by atoms with Crippen LogP contribution in [0.3, 0.4) is 0 Å². The van der Waals surface area contributed by atoms with Crippen molar-refractivity contribution in [3.05, 3.63) is 29.8 Å². The Labute approximate surface area is 154 Å². The van der Waals surface area contributed by atoms with Gasteiger partial charge in [-0.3, -0.25) is 4.79 Å². The summed E-state index contributed by atoms with van der Waals surface area (Å²) in [4.78, 5) is 35.3. The number of hydrogen-bond acceptors (Lipinski definition) is 6. The van der Waals surface area contributed by atoms with Crippen molar-refractivity contribution >= 4 is 17.8 Å². The van der Waals surface area contributed by atoms with Crippen LogP contribution in [0.1, 0.15) is 32.8 Å². The highest BCUT2D eigenvalue weighted by Gasteiger charge is 2.23. The zero-order chi connectivity index (χ0) is 19.5. The first-order chi connectivity index (χ1) is 12.4. The fraction of sp³-hybridized carbons (Fsp3) is 0.526. The molecule has 0 aliphatic heterocycles. The van der Waals surface area contributed by atoms with Crippen LogP contribution < -0.4 is 10.1 Å². The van der Waals surface area contributed by atoms with Gasteiger partial charge in [0.05, 0.1) is 7.11 Å². The highest BCUT2D eigenvalue weighted by molar-refractivity contribution is 5.86. The van der Waals surface area contributed by atoms with Crippen molar-refractivity contribution < 1.29 is 28.6 Å². The minimum Gasteiger partial charge on any atom is -0.482 e. The normalized spacial score (nSPS) is 11.6. The summed E-state index contributed by atoms with van der Waals surface area (Å²) in [5.41, 5.74) is 0.979. The van der Waals surface area contributed by atoms with E-state index in [4.69, 9.17) is 9.47 Å². The molecule has 0 saturated carbocycles. The van der Waals surface area contributed by atoms with Gasteiger partial charge in [0.15, 0.2) is 13.2 Å². The van der Waals surface area contributed by atoms with E-state index in [9.17, 15) is 14.4 Å². The molecule has 0 bridgehead atoms. The zero-order valence-corrected chi connectivity index (χ0v) is 15.7. The number of carbonyl (C=O) groups excluding carboxylic acids is 3. The average Bonchev–Trinajstić information content (AvgIpc) is 2.63. The molecule has 1 aromatic carbocycles. The van der Waals surface area contributed by atoms with Gasteiger partial charge in [-0.15, -0.1) is 0 Å². The number of methoxy groups -OCH3 is 1. The third-order valence-corrected chi connectivity index (χ3v) is 3.59. The van der Waals surface area contributed by atoms with Crippen LogP contribution in [0, 0.1) is 5.92 Å². The lowest BCUT2D eigenvalue weighted by molar-refractivity contribution is -0.151. The van der Waals surface area contributed by atoms with E-state index >= 15 is 0 Å². The molecule has 0 aliphatic rings. The van der Waals surface area contributed by atoms with E-state index in [1.54, 1.807) is 6.07 Å². The van der Waals surface area contributed by atoms with E-state index in [1.165, 1.54) is 7.11 Å². The minimum absolute atomic E-state index is 0.189. The van der Waals surface area contributed by atoms with E-state index in [2.05, 4.69) is 10.1 Å². The van der Waals surface area contributed by atoms with Crippen LogP contribution in [0.25, 0.3) is 0 Å². The third kappa shape index (κ3) is 7.55. The lowest BCUT2D eigenvalue weighted by atomic mass is 10.0. The Bertz CT molecular complexity index is 614. The zero-order valence-electron chi connectivity index (χ0n) is 15.7. The Kier molecular flexibility index (Phi) is 9.19. The Morgan fingerprint density at radius 1 is 1.12 bits per heavy atom. The maximum Gasteiger partial charge on any atom is 0.344 e. The second-order valence-corrected chi connectivity index (χ2v) is 6.18. The van der Waals surface area contributed by atoms with E-state index in [1.807, 2.05) is 39.0 Å². The first-order valence-electron chi connectivity index (χ1n) is 8.60. The van der Waals surface area contributed by atoms with Gasteiger partial charge in [0.25, 0.3) is 5.91 Å². The molecule has 0 spiro atoms. The number of benzene rings is 1. The number of esters is 2. The van der Waals surface area contributed by atoms with Crippen molar-refractivity contribution in [2.75, 3.05) is 20.3 Å². The Morgan fingerprint density at radius 3 is 2.42 bits per heavy atom. The quantitative estimate of drug-likeness (QED) is 0.637. The van der Waals surface area contributed by atoms with Gasteiger partial charge in [0.1, 0.15) is 11.8 Å². The van der Waals surface area contributed by atoms with Gasteiger partial charge < -0.3 is 19.5 Å². The molecule has 1 unspecified atom stereocenters. The fourth-order valence-electron chi connectivity index (χ4n) is 2.32. The van der Waals surface area contributed by atoms with Gasteiger partial charge >= 0.3 is 11.9 Å². The highest BCUT2D eigenvalue weighted by atomic mass is 16.6. The van der Waals surface area contributed by atoms with Crippen molar-refractivity contribution in [1.29, 1.82) is 0 Å². The number of aryl methyl sites for hydroxylation is 1. The molecule has 0 aliphatic carbocycles. The molecule has 0 fully saturated rings. The standard InChI is InChI=1S/C19H27NO6/c1-5-14-8-6-7-9-16(14)25-12-18(22)26-11-17(21)20-15(10-13(2)3)19(23)24-4/h6-9,13,15H,5,10-12H2,1-4H3,(H,20,21). The summed E-state index contributed by atoms with van der Waals surface area (Å²) in [7, 11) is 1.26. The molecule has 26 heavy (non-hydrogen) atoms. The number of amides is 1. The van der Waals surface area contributed by atoms with Gasteiger partial charge in [-0.05, 0) is 30.4 Å². The lowest BCUT2D eigenvalue weighted by Crippen LogP contribution is -2.44. The molecule has 0 heterocycles. The van der Waals surface area contributed by atoms with Crippen molar-refractivity contribution in [2.45, 2.75) is 39.7 Å². The summed E-state index contributed by atoms with van der Waals surface area (Å²) in [5, 5.41) is 2.51.